The Morgan fingerprint density at radius 2 is 1.89 bits per heavy atom. The molecule has 3 heteroatoms. The van der Waals surface area contributed by atoms with Crippen molar-refractivity contribution in [2.24, 2.45) is 0 Å². The van der Waals surface area contributed by atoms with Gasteiger partial charge in [0.05, 0.1) is 0 Å². The monoisotopic (exact) mass is 253 g/mol. The van der Waals surface area contributed by atoms with Crippen molar-refractivity contribution in [2.75, 3.05) is 31.1 Å². The standard InChI is InChI=1S/C16H19N3/c1-13-12-14(6-7-18-13)15-4-2-3-5-16(15)19-10-8-17-9-11-19/h2-7,12,17H,8-11H2,1H3. The lowest BCUT2D eigenvalue weighted by Gasteiger charge is -2.31. The summed E-state index contributed by atoms with van der Waals surface area (Å²) in [5, 5.41) is 3.40. The Labute approximate surface area is 114 Å². The third kappa shape index (κ3) is 2.61. The van der Waals surface area contributed by atoms with Crippen LogP contribution in [0.4, 0.5) is 5.69 Å². The van der Waals surface area contributed by atoms with Gasteiger partial charge in [-0.1, -0.05) is 18.2 Å². The maximum absolute atomic E-state index is 4.28. The van der Waals surface area contributed by atoms with Crippen LogP contribution in [0.3, 0.4) is 0 Å². The van der Waals surface area contributed by atoms with Crippen LogP contribution < -0.4 is 10.2 Å². The van der Waals surface area contributed by atoms with Crippen molar-refractivity contribution in [3.63, 3.8) is 0 Å². The number of nitrogens with one attached hydrogen (secondary N) is 1. The molecule has 0 aliphatic carbocycles. The molecule has 1 N–H and O–H groups in total. The Kier molecular flexibility index (Phi) is 3.47. The van der Waals surface area contributed by atoms with Crippen LogP contribution >= 0.6 is 0 Å². The van der Waals surface area contributed by atoms with Gasteiger partial charge in [0.2, 0.25) is 0 Å². The summed E-state index contributed by atoms with van der Waals surface area (Å²) in [4.78, 5) is 6.74. The van der Waals surface area contributed by atoms with Gasteiger partial charge in [-0.2, -0.15) is 0 Å². The molecule has 0 spiro atoms. The molecular formula is C16H19N3. The lowest BCUT2D eigenvalue weighted by molar-refractivity contribution is 0.589. The lowest BCUT2D eigenvalue weighted by atomic mass is 10.0. The molecule has 0 atom stereocenters. The number of piperazine rings is 1. The molecular weight excluding hydrogens is 234 g/mol. The number of para-hydroxylation sites is 1. The highest BCUT2D eigenvalue weighted by Crippen LogP contribution is 2.30. The van der Waals surface area contributed by atoms with E-state index in [1.807, 2.05) is 13.1 Å². The highest BCUT2D eigenvalue weighted by Gasteiger charge is 2.14. The van der Waals surface area contributed by atoms with Crippen molar-refractivity contribution in [3.05, 3.63) is 48.3 Å². The predicted molar refractivity (Wildman–Crippen MR) is 79.5 cm³/mol. The largest absolute Gasteiger partial charge is 0.368 e. The van der Waals surface area contributed by atoms with Gasteiger partial charge in [0, 0.05) is 49.3 Å². The Morgan fingerprint density at radius 1 is 1.11 bits per heavy atom. The third-order valence-corrected chi connectivity index (χ3v) is 3.57. The molecule has 98 valence electrons. The van der Waals surface area contributed by atoms with E-state index in [2.05, 4.69) is 51.6 Å². The van der Waals surface area contributed by atoms with E-state index in [0.717, 1.165) is 31.9 Å². The summed E-state index contributed by atoms with van der Waals surface area (Å²) in [5.41, 5.74) is 4.94. The second-order valence-corrected chi connectivity index (χ2v) is 4.94. The molecule has 1 aliphatic rings. The molecule has 1 aliphatic heterocycles. The topological polar surface area (TPSA) is 28.2 Å². The summed E-state index contributed by atoms with van der Waals surface area (Å²) < 4.78 is 0. The van der Waals surface area contributed by atoms with E-state index in [1.165, 1.54) is 16.8 Å². The molecule has 1 aromatic carbocycles. The highest BCUT2D eigenvalue weighted by molar-refractivity contribution is 5.78. The van der Waals surface area contributed by atoms with E-state index < -0.39 is 0 Å². The fraction of sp³-hybridized carbons (Fsp3) is 0.312. The molecule has 0 bridgehead atoms. The van der Waals surface area contributed by atoms with Crippen molar-refractivity contribution in [1.82, 2.24) is 10.3 Å². The summed E-state index contributed by atoms with van der Waals surface area (Å²) in [6, 6.07) is 12.9. The van der Waals surface area contributed by atoms with Gasteiger partial charge >= 0.3 is 0 Å². The van der Waals surface area contributed by atoms with E-state index in [4.69, 9.17) is 0 Å². The van der Waals surface area contributed by atoms with Crippen LogP contribution in [-0.2, 0) is 0 Å². The minimum Gasteiger partial charge on any atom is -0.368 e. The molecule has 0 radical (unpaired) electrons. The van der Waals surface area contributed by atoms with Crippen LogP contribution in [-0.4, -0.2) is 31.2 Å². The first kappa shape index (κ1) is 12.2. The zero-order valence-electron chi connectivity index (χ0n) is 11.3. The summed E-state index contributed by atoms with van der Waals surface area (Å²) in [6.45, 7) is 6.30. The van der Waals surface area contributed by atoms with E-state index >= 15 is 0 Å². The van der Waals surface area contributed by atoms with Gasteiger partial charge in [0.15, 0.2) is 0 Å². The number of hydrogen-bond donors (Lipinski definition) is 1. The predicted octanol–water partition coefficient (Wildman–Crippen LogP) is 2.47. The van der Waals surface area contributed by atoms with E-state index in [1.54, 1.807) is 0 Å². The first-order chi connectivity index (χ1) is 9.34. The van der Waals surface area contributed by atoms with Gasteiger partial charge in [-0.25, -0.2) is 0 Å². The molecule has 19 heavy (non-hydrogen) atoms. The number of benzene rings is 1. The Hall–Kier alpha value is -1.87. The number of aryl methyl sites for hydroxylation is 1. The second-order valence-electron chi connectivity index (χ2n) is 4.94. The molecule has 2 heterocycles. The molecule has 1 saturated heterocycles. The van der Waals surface area contributed by atoms with Crippen LogP contribution in [0.5, 0.6) is 0 Å². The molecule has 1 aromatic heterocycles. The van der Waals surface area contributed by atoms with Gasteiger partial charge in [0.1, 0.15) is 0 Å². The van der Waals surface area contributed by atoms with Crippen molar-refractivity contribution in [3.8, 4) is 11.1 Å². The average Bonchev–Trinajstić information content (AvgIpc) is 2.48. The van der Waals surface area contributed by atoms with Gasteiger partial charge in [-0.05, 0) is 30.7 Å². The summed E-state index contributed by atoms with van der Waals surface area (Å²) in [5.74, 6) is 0. The summed E-state index contributed by atoms with van der Waals surface area (Å²) >= 11 is 0. The Morgan fingerprint density at radius 3 is 2.68 bits per heavy atom. The zero-order valence-corrected chi connectivity index (χ0v) is 11.3. The fourth-order valence-electron chi connectivity index (χ4n) is 2.61. The normalized spacial score (nSPS) is 15.5. The SMILES string of the molecule is Cc1cc(-c2ccccc2N2CCNCC2)ccn1. The van der Waals surface area contributed by atoms with Gasteiger partial charge in [0.25, 0.3) is 0 Å². The lowest BCUT2D eigenvalue weighted by Crippen LogP contribution is -2.43. The molecule has 1 fully saturated rings. The van der Waals surface area contributed by atoms with Crippen LogP contribution in [0.15, 0.2) is 42.6 Å². The molecule has 2 aromatic rings. The van der Waals surface area contributed by atoms with E-state index in [9.17, 15) is 0 Å². The molecule has 0 amide bonds. The zero-order chi connectivity index (χ0) is 13.1. The minimum absolute atomic E-state index is 1.06. The van der Waals surface area contributed by atoms with Crippen molar-refractivity contribution in [1.29, 1.82) is 0 Å². The van der Waals surface area contributed by atoms with Crippen molar-refractivity contribution < 1.29 is 0 Å². The van der Waals surface area contributed by atoms with Crippen molar-refractivity contribution in [2.45, 2.75) is 6.92 Å². The van der Waals surface area contributed by atoms with E-state index in [-0.39, 0.29) is 0 Å². The average molecular weight is 253 g/mol. The fourth-order valence-corrected chi connectivity index (χ4v) is 2.61. The molecule has 0 saturated carbocycles. The minimum atomic E-state index is 1.06. The highest BCUT2D eigenvalue weighted by atomic mass is 15.2. The summed E-state index contributed by atoms with van der Waals surface area (Å²) in [6.07, 6.45) is 1.89. The smallest absolute Gasteiger partial charge is 0.0446 e. The maximum atomic E-state index is 4.28. The maximum Gasteiger partial charge on any atom is 0.0446 e. The number of rotatable bonds is 2. The molecule has 0 unspecified atom stereocenters. The Bertz CT molecular complexity index is 559. The number of anilines is 1. The second kappa shape index (κ2) is 5.41. The van der Waals surface area contributed by atoms with Crippen LogP contribution in [0, 0.1) is 6.92 Å². The van der Waals surface area contributed by atoms with Crippen molar-refractivity contribution >= 4 is 5.69 Å². The molecule has 3 rings (SSSR count). The summed E-state index contributed by atoms with van der Waals surface area (Å²) in [7, 11) is 0. The van der Waals surface area contributed by atoms with Gasteiger partial charge < -0.3 is 10.2 Å². The number of pyridine rings is 1. The van der Waals surface area contributed by atoms with Gasteiger partial charge in [-0.3, -0.25) is 4.98 Å². The Balaban J connectivity index is 2.01. The van der Waals surface area contributed by atoms with Crippen LogP contribution in [0.1, 0.15) is 5.69 Å². The number of aromatic nitrogens is 1. The van der Waals surface area contributed by atoms with E-state index in [0.29, 0.717) is 0 Å². The number of hydrogen-bond acceptors (Lipinski definition) is 3. The third-order valence-electron chi connectivity index (χ3n) is 3.57. The van der Waals surface area contributed by atoms with Crippen LogP contribution in [0.25, 0.3) is 11.1 Å². The first-order valence-corrected chi connectivity index (χ1v) is 6.82. The molecule has 3 nitrogen and oxygen atoms in total. The quantitative estimate of drug-likeness (QED) is 0.891. The first-order valence-electron chi connectivity index (χ1n) is 6.82. The number of nitrogens with zero attached hydrogens (tertiary/aromatic N) is 2. The van der Waals surface area contributed by atoms with Crippen LogP contribution in [0.2, 0.25) is 0 Å². The van der Waals surface area contributed by atoms with Gasteiger partial charge in [-0.15, -0.1) is 0 Å².